The molecule has 0 aliphatic carbocycles. The van der Waals surface area contributed by atoms with Crippen molar-refractivity contribution in [2.45, 2.75) is 64.3 Å². The van der Waals surface area contributed by atoms with Gasteiger partial charge in [-0.2, -0.15) is 0 Å². The summed E-state index contributed by atoms with van der Waals surface area (Å²) in [7, 11) is 0. The van der Waals surface area contributed by atoms with Crippen LogP contribution in [0.1, 0.15) is 45.6 Å². The molecule has 1 amide bonds. The summed E-state index contributed by atoms with van der Waals surface area (Å²) in [5.74, 6) is 0. The Balaban J connectivity index is 1.47. The van der Waals surface area contributed by atoms with Gasteiger partial charge in [-0.15, -0.1) is 0 Å². The second-order valence-corrected chi connectivity index (χ2v) is 8.32. The van der Waals surface area contributed by atoms with Crippen LogP contribution >= 0.6 is 0 Å². The van der Waals surface area contributed by atoms with E-state index in [9.17, 15) is 4.79 Å². The minimum atomic E-state index is -0.480. The van der Waals surface area contributed by atoms with E-state index in [1.165, 1.54) is 11.1 Å². The molecule has 2 heterocycles. The molecule has 2 aliphatic rings. The first-order valence-corrected chi connectivity index (χ1v) is 9.83. The molecule has 1 aromatic carbocycles. The zero-order valence-corrected chi connectivity index (χ0v) is 16.6. The van der Waals surface area contributed by atoms with Crippen LogP contribution in [0.4, 0.5) is 4.79 Å². The lowest BCUT2D eigenvalue weighted by atomic mass is 9.92. The van der Waals surface area contributed by atoms with E-state index in [1.54, 1.807) is 0 Å². The van der Waals surface area contributed by atoms with Crippen molar-refractivity contribution in [3.05, 3.63) is 47.5 Å². The normalized spacial score (nSPS) is 22.3. The number of rotatable bonds is 6. The summed E-state index contributed by atoms with van der Waals surface area (Å²) < 4.78 is 17.0. The van der Waals surface area contributed by atoms with Gasteiger partial charge in [0.15, 0.2) is 0 Å². The van der Waals surface area contributed by atoms with Crippen molar-refractivity contribution in [3.8, 4) is 0 Å². The zero-order chi connectivity index (χ0) is 19.3. The SMILES string of the molecule is CC(C)(C)OC(=O)N1C2C=C(CCCOCc3ccccc3)CC1COC2. The number of amides is 1. The molecule has 2 aliphatic heterocycles. The van der Waals surface area contributed by atoms with E-state index >= 15 is 0 Å². The molecule has 1 fully saturated rings. The van der Waals surface area contributed by atoms with Crippen LogP contribution in [0.25, 0.3) is 0 Å². The van der Waals surface area contributed by atoms with E-state index < -0.39 is 5.60 Å². The molecule has 27 heavy (non-hydrogen) atoms. The molecule has 2 unspecified atom stereocenters. The third-order valence-electron chi connectivity index (χ3n) is 4.78. The van der Waals surface area contributed by atoms with Gasteiger partial charge in [-0.05, 0) is 45.6 Å². The summed E-state index contributed by atoms with van der Waals surface area (Å²) in [6, 6.07) is 10.3. The fourth-order valence-corrected chi connectivity index (χ4v) is 3.63. The number of fused-ring (bicyclic) bond motifs is 2. The summed E-state index contributed by atoms with van der Waals surface area (Å²) in [5, 5.41) is 0. The van der Waals surface area contributed by atoms with E-state index in [-0.39, 0.29) is 18.2 Å². The number of ether oxygens (including phenoxy) is 3. The van der Waals surface area contributed by atoms with Crippen molar-refractivity contribution in [3.63, 3.8) is 0 Å². The van der Waals surface area contributed by atoms with Crippen molar-refractivity contribution in [1.82, 2.24) is 4.90 Å². The second kappa shape index (κ2) is 8.89. The van der Waals surface area contributed by atoms with Gasteiger partial charge in [0.05, 0.1) is 31.9 Å². The highest BCUT2D eigenvalue weighted by Gasteiger charge is 2.39. The van der Waals surface area contributed by atoms with Gasteiger partial charge >= 0.3 is 6.09 Å². The second-order valence-electron chi connectivity index (χ2n) is 8.32. The summed E-state index contributed by atoms with van der Waals surface area (Å²) in [6.07, 6.45) is 4.81. The fraction of sp³-hybridized carbons (Fsp3) is 0.591. The van der Waals surface area contributed by atoms with Crippen LogP contribution in [-0.4, -0.2) is 48.5 Å². The van der Waals surface area contributed by atoms with Crippen LogP contribution in [0.5, 0.6) is 0 Å². The van der Waals surface area contributed by atoms with E-state index in [1.807, 2.05) is 43.9 Å². The Labute approximate surface area is 162 Å². The van der Waals surface area contributed by atoms with Crippen LogP contribution in [-0.2, 0) is 20.8 Å². The summed E-state index contributed by atoms with van der Waals surface area (Å²) >= 11 is 0. The van der Waals surface area contributed by atoms with Crippen LogP contribution < -0.4 is 0 Å². The Morgan fingerprint density at radius 2 is 2.00 bits per heavy atom. The summed E-state index contributed by atoms with van der Waals surface area (Å²) in [4.78, 5) is 14.4. The number of benzene rings is 1. The van der Waals surface area contributed by atoms with E-state index in [2.05, 4.69) is 18.2 Å². The van der Waals surface area contributed by atoms with Crippen LogP contribution in [0.2, 0.25) is 0 Å². The molecule has 0 radical (unpaired) electrons. The lowest BCUT2D eigenvalue weighted by Gasteiger charge is -2.44. The van der Waals surface area contributed by atoms with Gasteiger partial charge in [0.1, 0.15) is 5.60 Å². The van der Waals surface area contributed by atoms with Crippen molar-refractivity contribution >= 4 is 6.09 Å². The Bertz CT molecular complexity index is 650. The fourth-order valence-electron chi connectivity index (χ4n) is 3.63. The largest absolute Gasteiger partial charge is 0.444 e. The molecule has 1 saturated heterocycles. The first-order chi connectivity index (χ1) is 12.9. The van der Waals surface area contributed by atoms with Gasteiger partial charge in [-0.3, -0.25) is 4.90 Å². The number of nitrogens with zero attached hydrogens (tertiary/aromatic N) is 1. The minimum absolute atomic E-state index is 0.0208. The van der Waals surface area contributed by atoms with E-state index in [0.717, 1.165) is 25.9 Å². The van der Waals surface area contributed by atoms with Crippen LogP contribution in [0, 0.1) is 0 Å². The molecule has 0 aromatic heterocycles. The minimum Gasteiger partial charge on any atom is -0.444 e. The number of hydrogen-bond donors (Lipinski definition) is 0. The highest BCUT2D eigenvalue weighted by Crippen LogP contribution is 2.30. The van der Waals surface area contributed by atoms with Gasteiger partial charge in [0, 0.05) is 6.61 Å². The van der Waals surface area contributed by atoms with Gasteiger partial charge in [-0.25, -0.2) is 4.79 Å². The van der Waals surface area contributed by atoms with Gasteiger partial charge < -0.3 is 14.2 Å². The third kappa shape index (κ3) is 5.81. The number of hydrogen-bond acceptors (Lipinski definition) is 4. The predicted molar refractivity (Wildman–Crippen MR) is 105 cm³/mol. The molecule has 3 rings (SSSR count). The van der Waals surface area contributed by atoms with Crippen molar-refractivity contribution in [2.75, 3.05) is 19.8 Å². The molecule has 2 bridgehead atoms. The molecule has 1 aromatic rings. The summed E-state index contributed by atoms with van der Waals surface area (Å²) in [5.41, 5.74) is 2.12. The molecule has 0 saturated carbocycles. The van der Waals surface area contributed by atoms with Gasteiger partial charge in [-0.1, -0.05) is 42.0 Å². The smallest absolute Gasteiger partial charge is 0.411 e. The first-order valence-electron chi connectivity index (χ1n) is 9.83. The molecule has 5 heteroatoms. The molecule has 2 atom stereocenters. The first kappa shape index (κ1) is 19.9. The van der Waals surface area contributed by atoms with Gasteiger partial charge in [0.2, 0.25) is 0 Å². The Kier molecular flexibility index (Phi) is 6.55. The molecule has 148 valence electrons. The maximum atomic E-state index is 12.6. The molecular formula is C22H31NO4. The lowest BCUT2D eigenvalue weighted by molar-refractivity contribution is -0.0538. The van der Waals surface area contributed by atoms with E-state index in [0.29, 0.717) is 19.8 Å². The van der Waals surface area contributed by atoms with Crippen molar-refractivity contribution in [2.24, 2.45) is 0 Å². The van der Waals surface area contributed by atoms with Crippen molar-refractivity contribution < 1.29 is 19.0 Å². The lowest BCUT2D eigenvalue weighted by Crippen LogP contribution is -2.57. The maximum Gasteiger partial charge on any atom is 0.411 e. The molecular weight excluding hydrogens is 342 g/mol. The Morgan fingerprint density at radius 1 is 1.22 bits per heavy atom. The molecule has 5 nitrogen and oxygen atoms in total. The standard InChI is InChI=1S/C22H31NO4/c1-22(2,3)27-21(24)23-19-12-18(13-20(23)16-26-15-19)10-7-11-25-14-17-8-5-4-6-9-17/h4-6,8-9,12,19-20H,7,10-11,13-16H2,1-3H3. The Morgan fingerprint density at radius 3 is 2.70 bits per heavy atom. The van der Waals surface area contributed by atoms with E-state index in [4.69, 9.17) is 14.2 Å². The monoisotopic (exact) mass is 373 g/mol. The van der Waals surface area contributed by atoms with Crippen LogP contribution in [0.15, 0.2) is 42.0 Å². The van der Waals surface area contributed by atoms with Crippen molar-refractivity contribution in [1.29, 1.82) is 0 Å². The average molecular weight is 373 g/mol. The predicted octanol–water partition coefficient (Wildman–Crippen LogP) is 4.32. The highest BCUT2D eigenvalue weighted by atomic mass is 16.6. The van der Waals surface area contributed by atoms with Gasteiger partial charge in [0.25, 0.3) is 0 Å². The average Bonchev–Trinajstić information content (AvgIpc) is 2.60. The number of carbonyl (C=O) groups excluding carboxylic acids is 1. The Hall–Kier alpha value is -1.85. The quantitative estimate of drug-likeness (QED) is 0.550. The topological polar surface area (TPSA) is 48.0 Å². The highest BCUT2D eigenvalue weighted by molar-refractivity contribution is 5.70. The molecule has 0 spiro atoms. The third-order valence-corrected chi connectivity index (χ3v) is 4.78. The zero-order valence-electron chi connectivity index (χ0n) is 16.6. The number of morpholine rings is 1. The van der Waals surface area contributed by atoms with Crippen LogP contribution in [0.3, 0.4) is 0 Å². The maximum absolute atomic E-state index is 12.6. The summed E-state index contributed by atoms with van der Waals surface area (Å²) in [6.45, 7) is 8.23. The number of carbonyl (C=O) groups is 1. The molecule has 0 N–H and O–H groups in total.